The van der Waals surface area contributed by atoms with Gasteiger partial charge in [0.2, 0.25) is 5.91 Å². The van der Waals surface area contributed by atoms with E-state index in [1.165, 1.54) is 26.3 Å². The quantitative estimate of drug-likeness (QED) is 0.843. The third-order valence-corrected chi connectivity index (χ3v) is 6.43. The Hall–Kier alpha value is -1.61. The maximum atomic E-state index is 12.3. The molecule has 0 atom stereocenters. The second-order valence-corrected chi connectivity index (χ2v) is 8.59. The molecule has 124 valence electrons. The number of carbonyl (C=O) groups is 1. The molecule has 0 bridgehead atoms. The van der Waals surface area contributed by atoms with Gasteiger partial charge in [-0.1, -0.05) is 17.7 Å². The number of sulfonamides is 1. The number of likely N-dealkylation sites (N-methyl/N-ethyl adjacent to an activating group) is 1. The number of thiophene rings is 1. The van der Waals surface area contributed by atoms with Crippen LogP contribution in [0.25, 0.3) is 0 Å². The molecular weight excluding hydrogens is 360 g/mol. The Morgan fingerprint density at radius 2 is 2.09 bits per heavy atom. The molecule has 1 heterocycles. The third kappa shape index (κ3) is 4.44. The van der Waals surface area contributed by atoms with E-state index < -0.39 is 15.9 Å². The van der Waals surface area contributed by atoms with Crippen LogP contribution in [0.5, 0.6) is 5.75 Å². The first-order valence-electron chi connectivity index (χ1n) is 6.48. The van der Waals surface area contributed by atoms with Crippen molar-refractivity contribution in [1.29, 1.82) is 0 Å². The molecule has 1 aromatic heterocycles. The summed E-state index contributed by atoms with van der Waals surface area (Å²) in [5, 5.41) is 2.63. The van der Waals surface area contributed by atoms with Crippen molar-refractivity contribution >= 4 is 44.6 Å². The van der Waals surface area contributed by atoms with Crippen LogP contribution in [0.4, 0.5) is 5.69 Å². The van der Waals surface area contributed by atoms with Crippen molar-refractivity contribution < 1.29 is 17.9 Å². The van der Waals surface area contributed by atoms with E-state index in [0.29, 0.717) is 15.8 Å². The lowest BCUT2D eigenvalue weighted by Gasteiger charge is -2.15. The molecule has 0 aliphatic rings. The molecule has 1 amide bonds. The first kappa shape index (κ1) is 17.7. The Bertz CT molecular complexity index is 805. The van der Waals surface area contributed by atoms with E-state index in [0.717, 1.165) is 15.6 Å². The summed E-state index contributed by atoms with van der Waals surface area (Å²) in [6.45, 7) is -0.310. The van der Waals surface area contributed by atoms with Crippen LogP contribution >= 0.6 is 22.9 Å². The van der Waals surface area contributed by atoms with Crippen molar-refractivity contribution in [2.75, 3.05) is 26.0 Å². The minimum absolute atomic E-state index is 0.0965. The van der Waals surface area contributed by atoms with Crippen molar-refractivity contribution in [2.24, 2.45) is 0 Å². The number of nitrogens with zero attached hydrogens (tertiary/aromatic N) is 1. The largest absolute Gasteiger partial charge is 0.497 e. The number of halogens is 1. The van der Waals surface area contributed by atoms with Gasteiger partial charge in [-0.15, -0.1) is 11.3 Å². The number of methoxy groups -OCH3 is 1. The van der Waals surface area contributed by atoms with Gasteiger partial charge in [0.1, 0.15) is 9.96 Å². The van der Waals surface area contributed by atoms with Gasteiger partial charge in [-0.3, -0.25) is 4.79 Å². The highest BCUT2D eigenvalue weighted by molar-refractivity contribution is 7.91. The lowest BCUT2D eigenvalue weighted by Crippen LogP contribution is -2.34. The summed E-state index contributed by atoms with van der Waals surface area (Å²) in [6.07, 6.45) is 0. The number of hydrogen-bond donors (Lipinski definition) is 1. The molecule has 1 N–H and O–H groups in total. The lowest BCUT2D eigenvalue weighted by atomic mass is 10.3. The smallest absolute Gasteiger partial charge is 0.252 e. The molecule has 1 aromatic carbocycles. The summed E-state index contributed by atoms with van der Waals surface area (Å²) < 4.78 is 31.1. The average Bonchev–Trinajstić information content (AvgIpc) is 2.94. The number of rotatable bonds is 6. The third-order valence-electron chi connectivity index (χ3n) is 2.93. The minimum atomic E-state index is -3.74. The van der Waals surface area contributed by atoms with Crippen molar-refractivity contribution in [2.45, 2.75) is 4.21 Å². The molecule has 9 heteroatoms. The van der Waals surface area contributed by atoms with Crippen LogP contribution in [0.15, 0.2) is 40.6 Å². The molecule has 23 heavy (non-hydrogen) atoms. The number of amides is 1. The second kappa shape index (κ2) is 7.31. The summed E-state index contributed by atoms with van der Waals surface area (Å²) in [6, 6.07) is 9.72. The predicted octanol–water partition coefficient (Wildman–Crippen LogP) is 2.67. The summed E-state index contributed by atoms with van der Waals surface area (Å²) in [4.78, 5) is 12.0. The van der Waals surface area contributed by atoms with E-state index in [2.05, 4.69) is 5.32 Å². The fourth-order valence-electron chi connectivity index (χ4n) is 1.78. The molecule has 0 spiro atoms. The van der Waals surface area contributed by atoms with Gasteiger partial charge in [0.15, 0.2) is 0 Å². The van der Waals surface area contributed by atoms with Crippen LogP contribution in [0, 0.1) is 0 Å². The Balaban J connectivity index is 2.04. The summed E-state index contributed by atoms with van der Waals surface area (Å²) in [5.41, 5.74) is 0.527. The monoisotopic (exact) mass is 374 g/mol. The Kier molecular flexibility index (Phi) is 5.64. The minimum Gasteiger partial charge on any atom is -0.497 e. The molecule has 2 aromatic rings. The van der Waals surface area contributed by atoms with Crippen molar-refractivity contribution in [1.82, 2.24) is 4.31 Å². The topological polar surface area (TPSA) is 75.7 Å². The molecule has 0 fully saturated rings. The van der Waals surface area contributed by atoms with E-state index in [9.17, 15) is 13.2 Å². The van der Waals surface area contributed by atoms with Crippen molar-refractivity contribution in [3.05, 3.63) is 40.7 Å². The fraction of sp³-hybridized carbons (Fsp3) is 0.214. The average molecular weight is 375 g/mol. The van der Waals surface area contributed by atoms with Gasteiger partial charge in [0.25, 0.3) is 10.0 Å². The summed E-state index contributed by atoms with van der Waals surface area (Å²) in [5.74, 6) is 0.143. The molecule has 0 unspecified atom stereocenters. The highest BCUT2D eigenvalue weighted by Crippen LogP contribution is 2.27. The first-order chi connectivity index (χ1) is 10.8. The number of nitrogens with one attached hydrogen (secondary N) is 1. The Morgan fingerprint density at radius 3 is 2.70 bits per heavy atom. The number of hydrogen-bond acceptors (Lipinski definition) is 5. The maximum Gasteiger partial charge on any atom is 0.252 e. The van der Waals surface area contributed by atoms with Crippen molar-refractivity contribution in [3.63, 3.8) is 0 Å². The van der Waals surface area contributed by atoms with E-state index >= 15 is 0 Å². The molecule has 0 aliphatic carbocycles. The van der Waals surface area contributed by atoms with Gasteiger partial charge >= 0.3 is 0 Å². The van der Waals surface area contributed by atoms with E-state index in [4.69, 9.17) is 16.3 Å². The highest BCUT2D eigenvalue weighted by atomic mass is 35.5. The van der Waals surface area contributed by atoms with E-state index in [1.807, 2.05) is 0 Å². The van der Waals surface area contributed by atoms with Crippen LogP contribution in [-0.4, -0.2) is 39.3 Å². The van der Waals surface area contributed by atoms with E-state index in [1.54, 1.807) is 24.3 Å². The van der Waals surface area contributed by atoms with Gasteiger partial charge in [-0.25, -0.2) is 8.42 Å². The molecule has 0 aliphatic heterocycles. The number of anilines is 1. The molecule has 2 rings (SSSR count). The van der Waals surface area contributed by atoms with Crippen LogP contribution in [-0.2, 0) is 14.8 Å². The Labute approximate surface area is 143 Å². The second-order valence-electron chi connectivity index (χ2n) is 4.60. The maximum absolute atomic E-state index is 12.3. The number of carbonyl (C=O) groups excluding carboxylic acids is 1. The molecule has 0 saturated heterocycles. The zero-order valence-corrected chi connectivity index (χ0v) is 14.8. The van der Waals surface area contributed by atoms with Crippen LogP contribution in [0.2, 0.25) is 4.34 Å². The standard InChI is InChI=1S/C14H15ClN2O4S2/c1-17(23(19,20)14-7-6-12(15)22-14)9-13(18)16-10-4-3-5-11(8-10)21-2/h3-8H,9H2,1-2H3,(H,16,18). The van der Waals surface area contributed by atoms with Crippen LogP contribution < -0.4 is 10.1 Å². The van der Waals surface area contributed by atoms with Crippen LogP contribution in [0.1, 0.15) is 0 Å². The van der Waals surface area contributed by atoms with Gasteiger partial charge < -0.3 is 10.1 Å². The highest BCUT2D eigenvalue weighted by Gasteiger charge is 2.24. The normalized spacial score (nSPS) is 11.5. The van der Waals surface area contributed by atoms with Crippen LogP contribution in [0.3, 0.4) is 0 Å². The predicted molar refractivity (Wildman–Crippen MR) is 90.8 cm³/mol. The van der Waals surface area contributed by atoms with Gasteiger partial charge in [0.05, 0.1) is 18.0 Å². The first-order valence-corrected chi connectivity index (χ1v) is 9.12. The zero-order chi connectivity index (χ0) is 17.0. The molecule has 0 radical (unpaired) electrons. The summed E-state index contributed by atoms with van der Waals surface area (Å²) >= 11 is 6.70. The Morgan fingerprint density at radius 1 is 1.35 bits per heavy atom. The molecular formula is C14H15ClN2O4S2. The van der Waals surface area contributed by atoms with Gasteiger partial charge in [0, 0.05) is 18.8 Å². The van der Waals surface area contributed by atoms with Gasteiger partial charge in [-0.2, -0.15) is 4.31 Å². The fourth-order valence-corrected chi connectivity index (χ4v) is 4.60. The zero-order valence-electron chi connectivity index (χ0n) is 12.4. The lowest BCUT2D eigenvalue weighted by molar-refractivity contribution is -0.116. The van der Waals surface area contributed by atoms with E-state index in [-0.39, 0.29) is 10.8 Å². The summed E-state index contributed by atoms with van der Waals surface area (Å²) in [7, 11) is -0.874. The molecule has 6 nitrogen and oxygen atoms in total. The van der Waals surface area contributed by atoms with Crippen molar-refractivity contribution in [3.8, 4) is 5.75 Å². The molecule has 0 saturated carbocycles. The number of ether oxygens (including phenoxy) is 1. The van der Waals surface area contributed by atoms with Gasteiger partial charge in [-0.05, 0) is 24.3 Å². The number of benzene rings is 1. The SMILES string of the molecule is COc1cccc(NC(=O)CN(C)S(=O)(=O)c2ccc(Cl)s2)c1.